The van der Waals surface area contributed by atoms with Gasteiger partial charge in [-0.05, 0) is 54.4 Å². The second kappa shape index (κ2) is 5.97. The molecule has 0 aliphatic rings. The molecular formula is C14H17BrClN3. The van der Waals surface area contributed by atoms with Crippen molar-refractivity contribution in [2.45, 2.75) is 33.9 Å². The van der Waals surface area contributed by atoms with Crippen molar-refractivity contribution >= 4 is 33.2 Å². The summed E-state index contributed by atoms with van der Waals surface area (Å²) in [6.45, 7) is 7.68. The van der Waals surface area contributed by atoms with Gasteiger partial charge >= 0.3 is 0 Å². The zero-order valence-corrected chi connectivity index (χ0v) is 13.6. The summed E-state index contributed by atoms with van der Waals surface area (Å²) in [5, 5.41) is 8.59. The Hall–Kier alpha value is -1.00. The third-order valence-electron chi connectivity index (χ3n) is 3.02. The molecule has 0 bridgehead atoms. The van der Waals surface area contributed by atoms with Gasteiger partial charge in [0, 0.05) is 6.54 Å². The van der Waals surface area contributed by atoms with E-state index in [1.807, 2.05) is 23.7 Å². The van der Waals surface area contributed by atoms with Crippen molar-refractivity contribution in [3.8, 4) is 0 Å². The Morgan fingerprint density at radius 2 is 2.11 bits per heavy atom. The van der Waals surface area contributed by atoms with Crippen molar-refractivity contribution < 1.29 is 0 Å². The summed E-state index contributed by atoms with van der Waals surface area (Å²) in [6.07, 6.45) is 0. The molecule has 0 radical (unpaired) electrons. The zero-order valence-electron chi connectivity index (χ0n) is 11.3. The zero-order chi connectivity index (χ0) is 14.0. The summed E-state index contributed by atoms with van der Waals surface area (Å²) in [5.41, 5.74) is 4.28. The first-order valence-electron chi connectivity index (χ1n) is 6.24. The minimum absolute atomic E-state index is 0.693. The van der Waals surface area contributed by atoms with Crippen LogP contribution < -0.4 is 5.32 Å². The fraction of sp³-hybridized carbons (Fsp3) is 0.357. The lowest BCUT2D eigenvalue weighted by atomic mass is 10.2. The molecule has 2 rings (SSSR count). The maximum absolute atomic E-state index is 6.18. The molecule has 0 unspecified atom stereocenters. The Bertz CT molecular complexity index is 593. The van der Waals surface area contributed by atoms with E-state index in [1.165, 1.54) is 5.56 Å². The molecule has 1 aromatic carbocycles. The Balaban J connectivity index is 2.21. The number of anilines is 1. The highest BCUT2D eigenvalue weighted by molar-refractivity contribution is 9.10. The van der Waals surface area contributed by atoms with Crippen molar-refractivity contribution in [1.29, 1.82) is 0 Å². The van der Waals surface area contributed by atoms with Gasteiger partial charge in [0.15, 0.2) is 0 Å². The molecule has 102 valence electrons. The lowest BCUT2D eigenvalue weighted by molar-refractivity contribution is 0.622. The maximum Gasteiger partial charge on any atom is 0.0739 e. The van der Waals surface area contributed by atoms with Crippen LogP contribution in [0.1, 0.15) is 23.9 Å². The fourth-order valence-electron chi connectivity index (χ4n) is 1.99. The van der Waals surface area contributed by atoms with Crippen LogP contribution in [0.5, 0.6) is 0 Å². The first kappa shape index (κ1) is 14.4. The number of nitrogens with one attached hydrogen (secondary N) is 1. The Kier molecular flexibility index (Phi) is 4.53. The van der Waals surface area contributed by atoms with Crippen LogP contribution in [0, 0.1) is 13.8 Å². The lowest BCUT2D eigenvalue weighted by Gasteiger charge is -2.11. The van der Waals surface area contributed by atoms with Crippen molar-refractivity contribution in [1.82, 2.24) is 9.78 Å². The van der Waals surface area contributed by atoms with Crippen LogP contribution >= 0.6 is 27.5 Å². The summed E-state index contributed by atoms with van der Waals surface area (Å²) < 4.78 is 3.06. The number of hydrogen-bond donors (Lipinski definition) is 1. The van der Waals surface area contributed by atoms with Crippen LogP contribution in [0.4, 0.5) is 5.69 Å². The van der Waals surface area contributed by atoms with E-state index in [0.717, 1.165) is 33.1 Å². The first-order valence-corrected chi connectivity index (χ1v) is 7.41. The van der Waals surface area contributed by atoms with Gasteiger partial charge in [0.05, 0.1) is 33.1 Å². The number of rotatable bonds is 4. The molecule has 0 atom stereocenters. The molecule has 5 heteroatoms. The van der Waals surface area contributed by atoms with Gasteiger partial charge in [0.25, 0.3) is 0 Å². The average Bonchev–Trinajstić information content (AvgIpc) is 2.66. The maximum atomic E-state index is 6.18. The van der Waals surface area contributed by atoms with E-state index < -0.39 is 0 Å². The van der Waals surface area contributed by atoms with Gasteiger partial charge < -0.3 is 5.32 Å². The molecule has 0 aliphatic carbocycles. The highest BCUT2D eigenvalue weighted by atomic mass is 79.9. The van der Waals surface area contributed by atoms with Gasteiger partial charge in [-0.25, -0.2) is 0 Å². The van der Waals surface area contributed by atoms with Crippen LogP contribution in [0.25, 0.3) is 0 Å². The molecule has 0 saturated carbocycles. The number of aromatic nitrogens is 2. The highest BCUT2D eigenvalue weighted by Crippen LogP contribution is 2.26. The van der Waals surface area contributed by atoms with Gasteiger partial charge in [0.2, 0.25) is 0 Å². The third kappa shape index (κ3) is 3.12. The molecule has 0 spiro atoms. The Morgan fingerprint density at radius 1 is 1.37 bits per heavy atom. The lowest BCUT2D eigenvalue weighted by Crippen LogP contribution is -2.08. The first-order chi connectivity index (χ1) is 9.02. The quantitative estimate of drug-likeness (QED) is 0.883. The smallest absolute Gasteiger partial charge is 0.0739 e. The molecule has 0 amide bonds. The van der Waals surface area contributed by atoms with Crippen LogP contribution in [0.15, 0.2) is 22.7 Å². The molecule has 19 heavy (non-hydrogen) atoms. The summed E-state index contributed by atoms with van der Waals surface area (Å²) >= 11 is 9.78. The van der Waals surface area contributed by atoms with Crippen molar-refractivity contribution in [3.05, 3.63) is 44.6 Å². The average molecular weight is 343 g/mol. The molecule has 1 heterocycles. The number of benzene rings is 1. The molecule has 0 fully saturated rings. The molecule has 3 nitrogen and oxygen atoms in total. The van der Waals surface area contributed by atoms with E-state index >= 15 is 0 Å². The molecular weight excluding hydrogens is 326 g/mol. The number of halogens is 2. The number of hydrogen-bond acceptors (Lipinski definition) is 2. The van der Waals surface area contributed by atoms with E-state index in [4.69, 9.17) is 11.6 Å². The predicted molar refractivity (Wildman–Crippen MR) is 83.9 cm³/mol. The van der Waals surface area contributed by atoms with E-state index in [0.29, 0.717) is 6.54 Å². The number of aryl methyl sites for hydroxylation is 3. The van der Waals surface area contributed by atoms with Gasteiger partial charge in [-0.15, -0.1) is 0 Å². The fourth-order valence-corrected chi connectivity index (χ4v) is 2.60. The molecule has 1 aromatic heterocycles. The second-order valence-corrected chi connectivity index (χ2v) is 5.70. The van der Waals surface area contributed by atoms with Crippen molar-refractivity contribution in [3.63, 3.8) is 0 Å². The summed E-state index contributed by atoms with van der Waals surface area (Å²) in [4.78, 5) is 0. The van der Waals surface area contributed by atoms with Gasteiger partial charge in [-0.2, -0.15) is 5.10 Å². The SMILES string of the molecule is CCn1nc(C)c(Br)c1CNc1cc(C)ccc1Cl. The summed E-state index contributed by atoms with van der Waals surface area (Å²) in [7, 11) is 0. The van der Waals surface area contributed by atoms with Crippen LogP contribution in [-0.4, -0.2) is 9.78 Å². The Morgan fingerprint density at radius 3 is 2.79 bits per heavy atom. The highest BCUT2D eigenvalue weighted by Gasteiger charge is 2.12. The van der Waals surface area contributed by atoms with E-state index in [9.17, 15) is 0 Å². The molecule has 0 saturated heterocycles. The minimum atomic E-state index is 0.693. The minimum Gasteiger partial charge on any atom is -0.378 e. The van der Waals surface area contributed by atoms with Crippen molar-refractivity contribution in [2.75, 3.05) is 5.32 Å². The number of nitrogens with zero attached hydrogens (tertiary/aromatic N) is 2. The standard InChI is InChI=1S/C14H17BrClN3/c1-4-19-13(14(15)10(3)18-19)8-17-12-7-9(2)5-6-11(12)16/h5-7,17H,4,8H2,1-3H3. The Labute approximate surface area is 127 Å². The molecule has 1 N–H and O–H groups in total. The normalized spacial score (nSPS) is 10.8. The van der Waals surface area contributed by atoms with Crippen LogP contribution in [-0.2, 0) is 13.1 Å². The van der Waals surface area contributed by atoms with Gasteiger partial charge in [0.1, 0.15) is 0 Å². The summed E-state index contributed by atoms with van der Waals surface area (Å²) in [5.74, 6) is 0. The third-order valence-corrected chi connectivity index (χ3v) is 4.38. The van der Waals surface area contributed by atoms with Gasteiger partial charge in [-0.3, -0.25) is 4.68 Å². The summed E-state index contributed by atoms with van der Waals surface area (Å²) in [6, 6.07) is 5.97. The molecule has 2 aromatic rings. The monoisotopic (exact) mass is 341 g/mol. The largest absolute Gasteiger partial charge is 0.378 e. The van der Waals surface area contributed by atoms with Crippen molar-refractivity contribution in [2.24, 2.45) is 0 Å². The van der Waals surface area contributed by atoms with Crippen LogP contribution in [0.3, 0.4) is 0 Å². The predicted octanol–water partition coefficient (Wildman–Crippen LogP) is 4.55. The second-order valence-electron chi connectivity index (χ2n) is 4.50. The van der Waals surface area contributed by atoms with E-state index in [1.54, 1.807) is 0 Å². The van der Waals surface area contributed by atoms with E-state index in [2.05, 4.69) is 46.3 Å². The van der Waals surface area contributed by atoms with Crippen LogP contribution in [0.2, 0.25) is 5.02 Å². The topological polar surface area (TPSA) is 29.9 Å². The molecule has 0 aliphatic heterocycles. The van der Waals surface area contributed by atoms with Gasteiger partial charge in [-0.1, -0.05) is 17.7 Å². The van der Waals surface area contributed by atoms with E-state index in [-0.39, 0.29) is 0 Å².